The third-order valence-corrected chi connectivity index (χ3v) is 3.87. The molecular weight excluding hydrogens is 262 g/mol. The van der Waals surface area contributed by atoms with Crippen LogP contribution in [-0.2, 0) is 0 Å². The van der Waals surface area contributed by atoms with Crippen molar-refractivity contribution in [3.63, 3.8) is 0 Å². The molecule has 0 aliphatic heterocycles. The van der Waals surface area contributed by atoms with Crippen molar-refractivity contribution in [1.82, 2.24) is 5.32 Å². The zero-order valence-electron chi connectivity index (χ0n) is 11.4. The van der Waals surface area contributed by atoms with E-state index in [1.165, 1.54) is 32.1 Å². The number of amides is 1. The average Bonchev–Trinajstić information content (AvgIpc) is 2.44. The molecule has 2 rings (SSSR count). The van der Waals surface area contributed by atoms with Crippen molar-refractivity contribution in [2.24, 2.45) is 5.92 Å². The molecule has 1 saturated carbocycles. The largest absolute Gasteiger partial charge is 0.396 e. The number of hydrogen-bond donors (Lipinski definition) is 2. The van der Waals surface area contributed by atoms with Crippen molar-refractivity contribution in [1.29, 1.82) is 0 Å². The Labute approximate surface area is 117 Å². The lowest BCUT2D eigenvalue weighted by Crippen LogP contribution is -2.27. The highest BCUT2D eigenvalue weighted by atomic mass is 19.1. The SMILES string of the molecule is Nc1cc(F)cc(C(=O)NCCC2CCCCC2)c1F. The molecule has 0 bridgehead atoms. The highest BCUT2D eigenvalue weighted by Crippen LogP contribution is 2.25. The van der Waals surface area contributed by atoms with Crippen molar-refractivity contribution in [2.45, 2.75) is 38.5 Å². The van der Waals surface area contributed by atoms with Gasteiger partial charge in [0.15, 0.2) is 5.82 Å². The van der Waals surface area contributed by atoms with Crippen molar-refractivity contribution < 1.29 is 13.6 Å². The Morgan fingerprint density at radius 2 is 1.95 bits per heavy atom. The van der Waals surface area contributed by atoms with Gasteiger partial charge in [-0.25, -0.2) is 8.78 Å². The summed E-state index contributed by atoms with van der Waals surface area (Å²) in [7, 11) is 0. The Bertz CT molecular complexity index is 485. The van der Waals surface area contributed by atoms with Crippen LogP contribution in [0.5, 0.6) is 0 Å². The minimum atomic E-state index is -0.860. The molecule has 0 aromatic heterocycles. The quantitative estimate of drug-likeness (QED) is 0.833. The normalized spacial score (nSPS) is 16.1. The molecule has 0 heterocycles. The second kappa shape index (κ2) is 6.68. The number of nitrogen functional groups attached to an aromatic ring is 1. The minimum absolute atomic E-state index is 0.328. The van der Waals surface area contributed by atoms with E-state index in [1.54, 1.807) is 0 Å². The van der Waals surface area contributed by atoms with Gasteiger partial charge in [-0.1, -0.05) is 32.1 Å². The minimum Gasteiger partial charge on any atom is -0.396 e. The van der Waals surface area contributed by atoms with Gasteiger partial charge < -0.3 is 11.1 Å². The summed E-state index contributed by atoms with van der Waals surface area (Å²) in [6.07, 6.45) is 7.05. The highest BCUT2D eigenvalue weighted by molar-refractivity contribution is 5.95. The third-order valence-electron chi connectivity index (χ3n) is 3.87. The van der Waals surface area contributed by atoms with E-state index in [1.807, 2.05) is 0 Å². The second-order valence-corrected chi connectivity index (χ2v) is 5.41. The summed E-state index contributed by atoms with van der Waals surface area (Å²) in [6, 6.07) is 1.75. The van der Waals surface area contributed by atoms with Gasteiger partial charge in [-0.2, -0.15) is 0 Å². The van der Waals surface area contributed by atoms with Crippen LogP contribution in [0.3, 0.4) is 0 Å². The Balaban J connectivity index is 1.88. The highest BCUT2D eigenvalue weighted by Gasteiger charge is 2.17. The predicted octanol–water partition coefficient (Wildman–Crippen LogP) is 3.25. The van der Waals surface area contributed by atoms with E-state index in [0.717, 1.165) is 18.6 Å². The van der Waals surface area contributed by atoms with E-state index in [9.17, 15) is 13.6 Å². The molecule has 1 fully saturated rings. The summed E-state index contributed by atoms with van der Waals surface area (Å²) in [5.74, 6) is -1.54. The van der Waals surface area contributed by atoms with E-state index in [4.69, 9.17) is 5.73 Å². The van der Waals surface area contributed by atoms with Gasteiger partial charge in [0.05, 0.1) is 11.3 Å². The van der Waals surface area contributed by atoms with Crippen LogP contribution in [0.15, 0.2) is 12.1 Å². The number of nitrogens with one attached hydrogen (secondary N) is 1. The fourth-order valence-corrected chi connectivity index (χ4v) is 2.74. The average molecular weight is 282 g/mol. The molecule has 20 heavy (non-hydrogen) atoms. The lowest BCUT2D eigenvalue weighted by Gasteiger charge is -2.21. The summed E-state index contributed by atoms with van der Waals surface area (Å²) >= 11 is 0. The van der Waals surface area contributed by atoms with Crippen LogP contribution in [0.25, 0.3) is 0 Å². The first-order valence-electron chi connectivity index (χ1n) is 7.10. The van der Waals surface area contributed by atoms with Gasteiger partial charge in [0.25, 0.3) is 5.91 Å². The fourth-order valence-electron chi connectivity index (χ4n) is 2.74. The third kappa shape index (κ3) is 3.68. The molecule has 1 aliphatic rings. The van der Waals surface area contributed by atoms with E-state index >= 15 is 0 Å². The van der Waals surface area contributed by atoms with Gasteiger partial charge in [0, 0.05) is 6.54 Å². The summed E-state index contributed by atoms with van der Waals surface area (Å²) in [5.41, 5.74) is 4.64. The molecule has 1 amide bonds. The Hall–Kier alpha value is -1.65. The van der Waals surface area contributed by atoms with Crippen LogP contribution >= 0.6 is 0 Å². The Morgan fingerprint density at radius 3 is 2.65 bits per heavy atom. The first-order chi connectivity index (χ1) is 9.58. The number of carbonyl (C=O) groups excluding carboxylic acids is 1. The molecule has 3 nitrogen and oxygen atoms in total. The summed E-state index contributed by atoms with van der Waals surface area (Å²) in [6.45, 7) is 0.485. The number of benzene rings is 1. The molecule has 0 spiro atoms. The maximum Gasteiger partial charge on any atom is 0.254 e. The molecule has 0 saturated heterocycles. The monoisotopic (exact) mass is 282 g/mol. The summed E-state index contributed by atoms with van der Waals surface area (Å²) in [5, 5.41) is 2.64. The number of nitrogens with two attached hydrogens (primary N) is 1. The molecule has 3 N–H and O–H groups in total. The van der Waals surface area contributed by atoms with Gasteiger partial charge >= 0.3 is 0 Å². The topological polar surface area (TPSA) is 55.1 Å². The first-order valence-corrected chi connectivity index (χ1v) is 7.10. The van der Waals surface area contributed by atoms with Crippen LogP contribution in [0.2, 0.25) is 0 Å². The van der Waals surface area contributed by atoms with E-state index < -0.39 is 17.5 Å². The smallest absolute Gasteiger partial charge is 0.254 e. The molecular formula is C15H20F2N2O. The van der Waals surface area contributed by atoms with Crippen LogP contribution < -0.4 is 11.1 Å². The molecule has 1 aliphatic carbocycles. The van der Waals surface area contributed by atoms with Crippen molar-refractivity contribution in [3.8, 4) is 0 Å². The van der Waals surface area contributed by atoms with Crippen LogP contribution in [0.1, 0.15) is 48.9 Å². The van der Waals surface area contributed by atoms with Gasteiger partial charge in [-0.05, 0) is 24.5 Å². The lowest BCUT2D eigenvalue weighted by molar-refractivity contribution is 0.0946. The standard InChI is InChI=1S/C15H20F2N2O/c16-11-8-12(14(17)13(18)9-11)15(20)19-7-6-10-4-2-1-3-5-10/h8-10H,1-7,18H2,(H,19,20). The zero-order valence-corrected chi connectivity index (χ0v) is 11.4. The second-order valence-electron chi connectivity index (χ2n) is 5.41. The molecule has 5 heteroatoms. The number of anilines is 1. The summed E-state index contributed by atoms with van der Waals surface area (Å²) in [4.78, 5) is 11.8. The van der Waals surface area contributed by atoms with E-state index in [-0.39, 0.29) is 11.3 Å². The molecule has 1 aromatic carbocycles. The number of halogens is 2. The number of carbonyl (C=O) groups is 1. The number of rotatable bonds is 4. The fraction of sp³-hybridized carbons (Fsp3) is 0.533. The van der Waals surface area contributed by atoms with E-state index in [2.05, 4.69) is 5.32 Å². The summed E-state index contributed by atoms with van der Waals surface area (Å²) < 4.78 is 26.8. The molecule has 0 unspecified atom stereocenters. The van der Waals surface area contributed by atoms with Gasteiger partial charge in [-0.3, -0.25) is 4.79 Å². The predicted molar refractivity (Wildman–Crippen MR) is 74.3 cm³/mol. The lowest BCUT2D eigenvalue weighted by atomic mass is 9.87. The van der Waals surface area contributed by atoms with Gasteiger partial charge in [0.1, 0.15) is 5.82 Å². The molecule has 1 aromatic rings. The zero-order chi connectivity index (χ0) is 14.5. The van der Waals surface area contributed by atoms with E-state index in [0.29, 0.717) is 12.5 Å². The van der Waals surface area contributed by atoms with Crippen LogP contribution in [-0.4, -0.2) is 12.5 Å². The van der Waals surface area contributed by atoms with Crippen molar-refractivity contribution in [3.05, 3.63) is 29.3 Å². The Morgan fingerprint density at radius 1 is 1.25 bits per heavy atom. The van der Waals surface area contributed by atoms with Crippen LogP contribution in [0, 0.1) is 17.6 Å². The maximum absolute atomic E-state index is 13.7. The molecule has 0 radical (unpaired) electrons. The molecule has 0 atom stereocenters. The molecule has 110 valence electrons. The van der Waals surface area contributed by atoms with Crippen molar-refractivity contribution in [2.75, 3.05) is 12.3 Å². The first kappa shape index (κ1) is 14.8. The van der Waals surface area contributed by atoms with Crippen LogP contribution in [0.4, 0.5) is 14.5 Å². The Kier molecular flexibility index (Phi) is 4.93. The van der Waals surface area contributed by atoms with Gasteiger partial charge in [-0.15, -0.1) is 0 Å². The maximum atomic E-state index is 13.7. The van der Waals surface area contributed by atoms with Gasteiger partial charge in [0.2, 0.25) is 0 Å². The van der Waals surface area contributed by atoms with Crippen molar-refractivity contribution >= 4 is 11.6 Å². The number of hydrogen-bond acceptors (Lipinski definition) is 2.